The highest BCUT2D eigenvalue weighted by atomic mass is 16.5. The minimum Gasteiger partial charge on any atom is -0.497 e. The summed E-state index contributed by atoms with van der Waals surface area (Å²) < 4.78 is 10.8. The lowest BCUT2D eigenvalue weighted by Gasteiger charge is -2.11. The first kappa shape index (κ1) is 18.4. The number of nitrogens with zero attached hydrogens (tertiary/aromatic N) is 3. The summed E-state index contributed by atoms with van der Waals surface area (Å²) in [6.45, 7) is 4.59. The molecule has 0 amide bonds. The number of nitrogens with one attached hydrogen (secondary N) is 2. The summed E-state index contributed by atoms with van der Waals surface area (Å²) in [7, 11) is 1.65. The van der Waals surface area contributed by atoms with Crippen LogP contribution in [0.4, 0.5) is 17.5 Å². The molecule has 0 fully saturated rings. The van der Waals surface area contributed by atoms with Crippen LogP contribution in [-0.2, 0) is 6.54 Å². The first-order valence-corrected chi connectivity index (χ1v) is 8.72. The zero-order valence-electron chi connectivity index (χ0n) is 15.6. The smallest absolute Gasteiger partial charge is 0.244 e. The van der Waals surface area contributed by atoms with Crippen LogP contribution in [0.25, 0.3) is 0 Å². The molecule has 140 valence electrons. The quantitative estimate of drug-likeness (QED) is 0.624. The molecule has 0 aliphatic rings. The molecule has 0 saturated carbocycles. The molecule has 2 N–H and O–H groups in total. The highest BCUT2D eigenvalue weighted by Gasteiger charge is 2.03. The zero-order chi connectivity index (χ0) is 19.1. The average Bonchev–Trinajstić information content (AvgIpc) is 2.68. The van der Waals surface area contributed by atoms with Crippen molar-refractivity contribution >= 4 is 17.5 Å². The molecule has 0 atom stereocenters. The van der Waals surface area contributed by atoms with Crippen molar-refractivity contribution < 1.29 is 9.47 Å². The predicted octanol–water partition coefficient (Wildman–Crippen LogP) is 4.02. The molecule has 0 spiro atoms. The monoisotopic (exact) mass is 365 g/mol. The van der Waals surface area contributed by atoms with Crippen LogP contribution in [0.1, 0.15) is 19.4 Å². The van der Waals surface area contributed by atoms with Crippen molar-refractivity contribution in [3.05, 3.63) is 60.3 Å². The van der Waals surface area contributed by atoms with Gasteiger partial charge < -0.3 is 20.1 Å². The molecule has 27 heavy (non-hydrogen) atoms. The first-order chi connectivity index (χ1) is 13.1. The SMILES string of the molecule is COc1ccc(CNc2nncc(Nc3ccc(OC(C)C)cc3)n2)cc1. The van der Waals surface area contributed by atoms with E-state index in [2.05, 4.69) is 25.8 Å². The van der Waals surface area contributed by atoms with E-state index in [1.807, 2.05) is 62.4 Å². The summed E-state index contributed by atoms with van der Waals surface area (Å²) in [6.07, 6.45) is 1.73. The van der Waals surface area contributed by atoms with Gasteiger partial charge in [0.25, 0.3) is 0 Å². The Labute approximate surface area is 158 Å². The fourth-order valence-electron chi connectivity index (χ4n) is 2.40. The number of methoxy groups -OCH3 is 1. The lowest BCUT2D eigenvalue weighted by molar-refractivity contribution is 0.242. The van der Waals surface area contributed by atoms with E-state index in [9.17, 15) is 0 Å². The van der Waals surface area contributed by atoms with Crippen LogP contribution in [-0.4, -0.2) is 28.4 Å². The molecule has 3 rings (SSSR count). The van der Waals surface area contributed by atoms with E-state index >= 15 is 0 Å². The fraction of sp³-hybridized carbons (Fsp3) is 0.250. The van der Waals surface area contributed by atoms with Crippen molar-refractivity contribution in [2.75, 3.05) is 17.7 Å². The van der Waals surface area contributed by atoms with Crippen molar-refractivity contribution in [1.82, 2.24) is 15.2 Å². The van der Waals surface area contributed by atoms with Gasteiger partial charge in [0.05, 0.1) is 19.4 Å². The van der Waals surface area contributed by atoms with Gasteiger partial charge in [0.1, 0.15) is 11.5 Å². The molecule has 0 saturated heterocycles. The molecule has 0 aliphatic heterocycles. The third-order valence-electron chi connectivity index (χ3n) is 3.67. The van der Waals surface area contributed by atoms with Crippen molar-refractivity contribution in [2.45, 2.75) is 26.5 Å². The van der Waals surface area contributed by atoms with Gasteiger partial charge in [0.2, 0.25) is 5.95 Å². The van der Waals surface area contributed by atoms with E-state index in [4.69, 9.17) is 9.47 Å². The van der Waals surface area contributed by atoms with Crippen molar-refractivity contribution in [2.24, 2.45) is 0 Å². The Morgan fingerprint density at radius 2 is 1.67 bits per heavy atom. The van der Waals surface area contributed by atoms with E-state index in [-0.39, 0.29) is 6.10 Å². The Kier molecular flexibility index (Phi) is 6.04. The van der Waals surface area contributed by atoms with Crippen LogP contribution in [0.15, 0.2) is 54.7 Å². The van der Waals surface area contributed by atoms with Crippen molar-refractivity contribution in [1.29, 1.82) is 0 Å². The largest absolute Gasteiger partial charge is 0.497 e. The van der Waals surface area contributed by atoms with Crippen molar-refractivity contribution in [3.63, 3.8) is 0 Å². The minimum absolute atomic E-state index is 0.147. The zero-order valence-corrected chi connectivity index (χ0v) is 15.6. The molecule has 0 radical (unpaired) electrons. The topological polar surface area (TPSA) is 81.2 Å². The summed E-state index contributed by atoms with van der Waals surface area (Å²) in [4.78, 5) is 4.44. The molecular formula is C20H23N5O2. The maximum atomic E-state index is 5.64. The van der Waals surface area contributed by atoms with E-state index in [0.717, 1.165) is 22.7 Å². The standard InChI is InChI=1S/C20H23N5O2/c1-14(2)27-18-10-6-16(7-11-18)23-19-13-22-25-20(24-19)21-12-15-4-8-17(26-3)9-5-15/h4-11,13-14H,12H2,1-3H3,(H2,21,23,24,25). The van der Waals surface area contributed by atoms with Crippen LogP contribution in [0.5, 0.6) is 11.5 Å². The van der Waals surface area contributed by atoms with Gasteiger partial charge in [0.15, 0.2) is 5.82 Å². The number of aromatic nitrogens is 3. The van der Waals surface area contributed by atoms with Gasteiger partial charge in [0, 0.05) is 12.2 Å². The number of rotatable bonds is 8. The summed E-state index contributed by atoms with van der Waals surface area (Å²) in [5.74, 6) is 2.72. The van der Waals surface area contributed by atoms with Crippen LogP contribution in [0.2, 0.25) is 0 Å². The Bertz CT molecular complexity index is 851. The first-order valence-electron chi connectivity index (χ1n) is 8.72. The van der Waals surface area contributed by atoms with E-state index in [1.165, 1.54) is 0 Å². The second-order valence-electron chi connectivity index (χ2n) is 6.18. The second-order valence-corrected chi connectivity index (χ2v) is 6.18. The van der Waals surface area contributed by atoms with Gasteiger partial charge in [-0.05, 0) is 55.8 Å². The van der Waals surface area contributed by atoms with Gasteiger partial charge in [-0.15, -0.1) is 5.10 Å². The van der Waals surface area contributed by atoms with Crippen LogP contribution >= 0.6 is 0 Å². The number of hydrogen-bond acceptors (Lipinski definition) is 7. The number of anilines is 3. The summed E-state index contributed by atoms with van der Waals surface area (Å²) >= 11 is 0. The van der Waals surface area contributed by atoms with Gasteiger partial charge >= 0.3 is 0 Å². The molecule has 2 aromatic carbocycles. The summed E-state index contributed by atoms with van der Waals surface area (Å²) in [5.41, 5.74) is 1.99. The molecule has 1 aromatic heterocycles. The van der Waals surface area contributed by atoms with E-state index in [1.54, 1.807) is 13.3 Å². The van der Waals surface area contributed by atoms with Crippen LogP contribution in [0.3, 0.4) is 0 Å². The molecular weight excluding hydrogens is 342 g/mol. The molecule has 7 nitrogen and oxygen atoms in total. The Balaban J connectivity index is 1.59. The number of benzene rings is 2. The normalized spacial score (nSPS) is 10.5. The molecule has 7 heteroatoms. The maximum Gasteiger partial charge on any atom is 0.244 e. The highest BCUT2D eigenvalue weighted by molar-refractivity contribution is 5.57. The average molecular weight is 365 g/mol. The number of ether oxygens (including phenoxy) is 2. The van der Waals surface area contributed by atoms with Gasteiger partial charge in [-0.1, -0.05) is 12.1 Å². The molecule has 3 aromatic rings. The van der Waals surface area contributed by atoms with E-state index < -0.39 is 0 Å². The lowest BCUT2D eigenvalue weighted by Crippen LogP contribution is -2.07. The summed E-state index contributed by atoms with van der Waals surface area (Å²) in [5, 5.41) is 14.4. The Morgan fingerprint density at radius 3 is 2.33 bits per heavy atom. The van der Waals surface area contributed by atoms with Crippen LogP contribution in [0, 0.1) is 0 Å². The van der Waals surface area contributed by atoms with Gasteiger partial charge in [-0.2, -0.15) is 10.1 Å². The highest BCUT2D eigenvalue weighted by Crippen LogP contribution is 2.20. The molecule has 0 aliphatic carbocycles. The Hall–Kier alpha value is -3.35. The maximum absolute atomic E-state index is 5.64. The molecule has 0 bridgehead atoms. The van der Waals surface area contributed by atoms with Gasteiger partial charge in [-0.25, -0.2) is 0 Å². The number of hydrogen-bond donors (Lipinski definition) is 2. The van der Waals surface area contributed by atoms with Crippen LogP contribution < -0.4 is 20.1 Å². The van der Waals surface area contributed by atoms with Crippen molar-refractivity contribution in [3.8, 4) is 11.5 Å². The van der Waals surface area contributed by atoms with E-state index in [0.29, 0.717) is 18.3 Å². The molecule has 1 heterocycles. The third kappa shape index (κ3) is 5.57. The summed E-state index contributed by atoms with van der Waals surface area (Å²) in [6, 6.07) is 15.5. The Morgan fingerprint density at radius 1 is 0.963 bits per heavy atom. The lowest BCUT2D eigenvalue weighted by atomic mass is 10.2. The van der Waals surface area contributed by atoms with Gasteiger partial charge in [-0.3, -0.25) is 0 Å². The third-order valence-corrected chi connectivity index (χ3v) is 3.67. The predicted molar refractivity (Wildman–Crippen MR) is 106 cm³/mol. The molecule has 0 unspecified atom stereocenters. The minimum atomic E-state index is 0.147. The fourth-order valence-corrected chi connectivity index (χ4v) is 2.40. The second kappa shape index (κ2) is 8.84.